The van der Waals surface area contributed by atoms with E-state index in [0.717, 1.165) is 6.42 Å². The molecule has 0 aromatic heterocycles. The Bertz CT molecular complexity index is 609. The van der Waals surface area contributed by atoms with Crippen molar-refractivity contribution in [2.45, 2.75) is 110 Å². The minimum Gasteiger partial charge on any atom is -0.466 e. The molecule has 0 N–H and O–H groups in total. The van der Waals surface area contributed by atoms with Gasteiger partial charge >= 0.3 is 5.97 Å². The molecule has 166 valence electrons. The van der Waals surface area contributed by atoms with Crippen LogP contribution in [0.1, 0.15) is 88.0 Å². The number of unbranched alkanes of at least 4 members (excludes halogenated alkanes) is 1. The molecule has 0 aromatic rings. The number of ether oxygens (including phenoxy) is 2. The van der Waals surface area contributed by atoms with Crippen LogP contribution in [0.15, 0.2) is 20.5 Å². The van der Waals surface area contributed by atoms with E-state index in [1.54, 1.807) is 6.92 Å². The highest BCUT2D eigenvalue weighted by Gasteiger charge is 2.26. The monoisotopic (exact) mass is 409 g/mol. The summed E-state index contributed by atoms with van der Waals surface area (Å²) in [5.41, 5.74) is -2.28. The first kappa shape index (κ1) is 27.1. The third-order valence-corrected chi connectivity index (χ3v) is 3.48. The zero-order chi connectivity index (χ0) is 22.8. The molecule has 8 nitrogen and oxygen atoms in total. The van der Waals surface area contributed by atoms with Gasteiger partial charge in [0, 0.05) is 13.0 Å². The molecule has 0 saturated heterocycles. The van der Waals surface area contributed by atoms with Gasteiger partial charge in [0.25, 0.3) is 0 Å². The SMILES string of the molecule is CC(C)(C)N=NC(C)(C#N)CCC(=O)OCCCCOC(C)(C)N=NC(C)(C)C. The predicted molar refractivity (Wildman–Crippen MR) is 113 cm³/mol. The maximum atomic E-state index is 11.9. The molecule has 0 radical (unpaired) electrons. The molecule has 0 aliphatic rings. The molecule has 1 atom stereocenters. The molecule has 0 aliphatic carbocycles. The molecule has 0 fully saturated rings. The molecular weight excluding hydrogens is 370 g/mol. The summed E-state index contributed by atoms with van der Waals surface area (Å²) in [6, 6.07) is 2.12. The van der Waals surface area contributed by atoms with Crippen LogP contribution in [0, 0.1) is 11.3 Å². The van der Waals surface area contributed by atoms with Crippen molar-refractivity contribution in [2.75, 3.05) is 13.2 Å². The van der Waals surface area contributed by atoms with Crippen molar-refractivity contribution < 1.29 is 14.3 Å². The number of carbonyl (C=O) groups excluding carboxylic acids is 1. The lowest BCUT2D eigenvalue weighted by atomic mass is 9.99. The number of carbonyl (C=O) groups is 1. The van der Waals surface area contributed by atoms with Gasteiger partial charge in [0.1, 0.15) is 0 Å². The van der Waals surface area contributed by atoms with E-state index >= 15 is 0 Å². The van der Waals surface area contributed by atoms with Crippen LogP contribution in [0.5, 0.6) is 0 Å². The summed E-state index contributed by atoms with van der Waals surface area (Å²) in [4.78, 5) is 11.9. The van der Waals surface area contributed by atoms with Gasteiger partial charge in [-0.05, 0) is 81.6 Å². The number of nitriles is 1. The summed E-state index contributed by atoms with van der Waals surface area (Å²) in [5.74, 6) is -0.336. The van der Waals surface area contributed by atoms with E-state index in [0.29, 0.717) is 19.6 Å². The largest absolute Gasteiger partial charge is 0.466 e. The minimum atomic E-state index is -1.02. The van der Waals surface area contributed by atoms with Crippen LogP contribution in [-0.4, -0.2) is 41.5 Å². The summed E-state index contributed by atoms with van der Waals surface area (Å²) >= 11 is 0. The number of hydrogen-bond acceptors (Lipinski definition) is 8. The van der Waals surface area contributed by atoms with Gasteiger partial charge in [0.15, 0.2) is 11.3 Å². The molecule has 29 heavy (non-hydrogen) atoms. The molecule has 8 heteroatoms. The zero-order valence-electron chi connectivity index (χ0n) is 19.7. The van der Waals surface area contributed by atoms with Crippen molar-refractivity contribution in [3.05, 3.63) is 0 Å². The van der Waals surface area contributed by atoms with E-state index in [-0.39, 0.29) is 29.9 Å². The molecule has 0 saturated carbocycles. The smallest absolute Gasteiger partial charge is 0.305 e. The second-order valence-corrected chi connectivity index (χ2v) is 9.85. The number of esters is 1. The fraction of sp³-hybridized carbons (Fsp3) is 0.905. The van der Waals surface area contributed by atoms with Crippen molar-refractivity contribution >= 4 is 5.97 Å². The predicted octanol–water partition coefficient (Wildman–Crippen LogP) is 5.63. The Hall–Kier alpha value is -1.88. The number of hydrogen-bond donors (Lipinski definition) is 0. The van der Waals surface area contributed by atoms with E-state index in [9.17, 15) is 10.1 Å². The van der Waals surface area contributed by atoms with Crippen molar-refractivity contribution in [3.8, 4) is 6.07 Å². The summed E-state index contributed by atoms with van der Waals surface area (Å²) in [6.45, 7) is 17.9. The van der Waals surface area contributed by atoms with Gasteiger partial charge in [-0.3, -0.25) is 4.79 Å². The number of rotatable bonds is 11. The highest BCUT2D eigenvalue weighted by Crippen LogP contribution is 2.21. The van der Waals surface area contributed by atoms with Crippen LogP contribution in [0.3, 0.4) is 0 Å². The first-order chi connectivity index (χ1) is 13.1. The lowest BCUT2D eigenvalue weighted by Crippen LogP contribution is -2.23. The normalized spacial score (nSPS) is 15.4. The second kappa shape index (κ2) is 11.3. The molecular formula is C21H39N5O3. The second-order valence-electron chi connectivity index (χ2n) is 9.85. The van der Waals surface area contributed by atoms with Gasteiger partial charge in [-0.15, -0.1) is 0 Å². The fourth-order valence-electron chi connectivity index (χ4n) is 1.82. The highest BCUT2D eigenvalue weighted by atomic mass is 16.5. The standard InChI is InChI=1S/C21H39N5O3/c1-18(2,3)23-25-20(7,8)29-15-11-10-14-28-17(27)12-13-21(9,16-22)26-24-19(4,5)6/h10-15H2,1-9H3. The van der Waals surface area contributed by atoms with Gasteiger partial charge in [0.2, 0.25) is 0 Å². The van der Waals surface area contributed by atoms with Crippen molar-refractivity contribution in [2.24, 2.45) is 20.5 Å². The lowest BCUT2D eigenvalue weighted by Gasteiger charge is -2.21. The minimum absolute atomic E-state index is 0.129. The van der Waals surface area contributed by atoms with Crippen LogP contribution in [0.4, 0.5) is 0 Å². The van der Waals surface area contributed by atoms with E-state index in [4.69, 9.17) is 9.47 Å². The van der Waals surface area contributed by atoms with Crippen LogP contribution in [0.25, 0.3) is 0 Å². The third kappa shape index (κ3) is 15.7. The van der Waals surface area contributed by atoms with Crippen molar-refractivity contribution in [1.29, 1.82) is 5.26 Å². The van der Waals surface area contributed by atoms with Crippen LogP contribution in [0.2, 0.25) is 0 Å². The van der Waals surface area contributed by atoms with E-state index in [1.165, 1.54) is 0 Å². The van der Waals surface area contributed by atoms with E-state index in [2.05, 4.69) is 26.5 Å². The molecule has 0 rings (SSSR count). The average molecular weight is 410 g/mol. The first-order valence-electron chi connectivity index (χ1n) is 10.2. The molecule has 0 amide bonds. The van der Waals surface area contributed by atoms with Gasteiger partial charge in [0.05, 0.1) is 23.8 Å². The summed E-state index contributed by atoms with van der Waals surface area (Å²) < 4.78 is 11.0. The Morgan fingerprint density at radius 2 is 1.34 bits per heavy atom. The van der Waals surface area contributed by atoms with E-state index in [1.807, 2.05) is 55.4 Å². The Balaban J connectivity index is 4.13. The number of nitrogens with zero attached hydrogens (tertiary/aromatic N) is 5. The summed E-state index contributed by atoms with van der Waals surface area (Å²) in [7, 11) is 0. The zero-order valence-corrected chi connectivity index (χ0v) is 19.7. The van der Waals surface area contributed by atoms with Crippen molar-refractivity contribution in [3.63, 3.8) is 0 Å². The molecule has 0 bridgehead atoms. The lowest BCUT2D eigenvalue weighted by molar-refractivity contribution is -0.144. The maximum absolute atomic E-state index is 11.9. The van der Waals surface area contributed by atoms with Gasteiger partial charge in [-0.2, -0.15) is 25.7 Å². The fourth-order valence-corrected chi connectivity index (χ4v) is 1.82. The van der Waals surface area contributed by atoms with Crippen LogP contribution >= 0.6 is 0 Å². The maximum Gasteiger partial charge on any atom is 0.305 e. The molecule has 0 aliphatic heterocycles. The molecule has 1 unspecified atom stereocenters. The Kier molecular flexibility index (Phi) is 10.6. The third-order valence-electron chi connectivity index (χ3n) is 3.48. The van der Waals surface area contributed by atoms with Gasteiger partial charge in [-0.1, -0.05) is 0 Å². The average Bonchev–Trinajstić information content (AvgIpc) is 2.58. The van der Waals surface area contributed by atoms with Crippen LogP contribution in [-0.2, 0) is 14.3 Å². The van der Waals surface area contributed by atoms with Gasteiger partial charge < -0.3 is 9.47 Å². The highest BCUT2D eigenvalue weighted by molar-refractivity contribution is 5.69. The summed E-state index contributed by atoms with van der Waals surface area (Å²) in [5, 5.41) is 26.1. The first-order valence-corrected chi connectivity index (χ1v) is 10.2. The quantitative estimate of drug-likeness (QED) is 0.250. The van der Waals surface area contributed by atoms with E-state index < -0.39 is 11.3 Å². The van der Waals surface area contributed by atoms with Crippen LogP contribution < -0.4 is 0 Å². The molecule has 0 heterocycles. The van der Waals surface area contributed by atoms with Gasteiger partial charge in [-0.25, -0.2) is 0 Å². The molecule has 0 spiro atoms. The Morgan fingerprint density at radius 1 is 0.828 bits per heavy atom. The summed E-state index contributed by atoms with van der Waals surface area (Å²) in [6.07, 6.45) is 1.84. The Labute approximate surface area is 176 Å². The topological polar surface area (TPSA) is 109 Å². The Morgan fingerprint density at radius 3 is 1.86 bits per heavy atom. The van der Waals surface area contributed by atoms with Crippen molar-refractivity contribution in [1.82, 2.24) is 0 Å². The molecule has 0 aromatic carbocycles. The number of azo groups is 2.